The van der Waals surface area contributed by atoms with E-state index in [-0.39, 0.29) is 0 Å². The molecule has 3 nitrogen and oxygen atoms in total. The highest BCUT2D eigenvalue weighted by Crippen LogP contribution is 2.48. The minimum Gasteiger partial charge on any atom is -0.480 e. The molecule has 0 amide bonds. The van der Waals surface area contributed by atoms with Crippen molar-refractivity contribution in [1.82, 2.24) is 5.32 Å². The summed E-state index contributed by atoms with van der Waals surface area (Å²) in [5.41, 5.74) is 0.643. The lowest BCUT2D eigenvalue weighted by atomic mass is 9.71. The number of hydrogen-bond donors (Lipinski definition) is 2. The van der Waals surface area contributed by atoms with Gasteiger partial charge in [0.05, 0.1) is 0 Å². The Bertz CT molecular complexity index is 249. The van der Waals surface area contributed by atoms with Crippen molar-refractivity contribution < 1.29 is 9.90 Å². The van der Waals surface area contributed by atoms with Gasteiger partial charge in [-0.1, -0.05) is 12.8 Å². The molecule has 2 N–H and O–H groups in total. The molecule has 0 saturated heterocycles. The van der Waals surface area contributed by atoms with Gasteiger partial charge in [-0.3, -0.25) is 4.79 Å². The van der Waals surface area contributed by atoms with Crippen LogP contribution in [0.15, 0.2) is 0 Å². The topological polar surface area (TPSA) is 49.3 Å². The first-order valence-corrected chi connectivity index (χ1v) is 6.60. The molecule has 1 spiro atoms. The number of nitrogens with one attached hydrogen (secondary N) is 1. The minimum atomic E-state index is -0.735. The van der Waals surface area contributed by atoms with Crippen LogP contribution in [-0.4, -0.2) is 23.2 Å². The van der Waals surface area contributed by atoms with Crippen LogP contribution in [0.1, 0.15) is 58.3 Å². The van der Waals surface area contributed by atoms with E-state index < -0.39 is 12.0 Å². The summed E-state index contributed by atoms with van der Waals surface area (Å²) in [5.74, 6) is -0.735. The van der Waals surface area contributed by atoms with Crippen LogP contribution in [0, 0.1) is 5.41 Å². The van der Waals surface area contributed by atoms with Gasteiger partial charge in [-0.15, -0.1) is 0 Å². The molecular weight excluding hydrogens is 202 g/mol. The van der Waals surface area contributed by atoms with E-state index in [0.29, 0.717) is 11.5 Å². The molecule has 0 aromatic carbocycles. The number of carboxylic acid groups (broad SMARTS) is 1. The van der Waals surface area contributed by atoms with E-state index in [2.05, 4.69) is 5.32 Å². The average Bonchev–Trinajstić information content (AvgIpc) is 2.70. The molecule has 0 aromatic rings. The molecule has 1 atom stereocenters. The SMILES string of the molecule is CC(NC1CCC2(CCCC2)CC1)C(=O)O. The number of carboxylic acids is 1. The van der Waals surface area contributed by atoms with E-state index in [4.69, 9.17) is 5.11 Å². The lowest BCUT2D eigenvalue weighted by Crippen LogP contribution is -2.44. The second-order valence-corrected chi connectivity index (χ2v) is 5.71. The van der Waals surface area contributed by atoms with Gasteiger partial charge < -0.3 is 10.4 Å². The normalized spacial score (nSPS) is 27.1. The molecule has 0 bridgehead atoms. The summed E-state index contributed by atoms with van der Waals surface area (Å²) < 4.78 is 0. The number of carbonyl (C=O) groups is 1. The molecule has 16 heavy (non-hydrogen) atoms. The van der Waals surface area contributed by atoms with Crippen LogP contribution in [0.3, 0.4) is 0 Å². The molecule has 0 aromatic heterocycles. The Morgan fingerprint density at radius 2 is 1.81 bits per heavy atom. The Kier molecular flexibility index (Phi) is 3.53. The summed E-state index contributed by atoms with van der Waals surface area (Å²) in [5, 5.41) is 12.1. The third-order valence-electron chi connectivity index (χ3n) is 4.57. The predicted octanol–water partition coefficient (Wildman–Crippen LogP) is 2.55. The van der Waals surface area contributed by atoms with Gasteiger partial charge >= 0.3 is 5.97 Å². The van der Waals surface area contributed by atoms with E-state index in [9.17, 15) is 4.79 Å². The Labute approximate surface area is 97.6 Å². The molecule has 3 heteroatoms. The highest BCUT2D eigenvalue weighted by molar-refractivity contribution is 5.72. The van der Waals surface area contributed by atoms with Gasteiger partial charge in [0.15, 0.2) is 0 Å². The van der Waals surface area contributed by atoms with E-state index in [0.717, 1.165) is 12.8 Å². The van der Waals surface area contributed by atoms with E-state index >= 15 is 0 Å². The van der Waals surface area contributed by atoms with Crippen LogP contribution in [-0.2, 0) is 4.79 Å². The maximum Gasteiger partial charge on any atom is 0.320 e. The molecule has 2 saturated carbocycles. The summed E-state index contributed by atoms with van der Waals surface area (Å²) in [4.78, 5) is 10.8. The van der Waals surface area contributed by atoms with Crippen molar-refractivity contribution in [2.24, 2.45) is 5.41 Å². The van der Waals surface area contributed by atoms with Crippen LogP contribution < -0.4 is 5.32 Å². The summed E-state index contributed by atoms with van der Waals surface area (Å²) in [7, 11) is 0. The molecular formula is C13H23NO2. The van der Waals surface area contributed by atoms with Gasteiger partial charge in [-0.25, -0.2) is 0 Å². The monoisotopic (exact) mass is 225 g/mol. The Hall–Kier alpha value is -0.570. The first-order valence-electron chi connectivity index (χ1n) is 6.60. The maximum absolute atomic E-state index is 10.8. The van der Waals surface area contributed by atoms with Gasteiger partial charge in [-0.2, -0.15) is 0 Å². The second-order valence-electron chi connectivity index (χ2n) is 5.71. The van der Waals surface area contributed by atoms with Gasteiger partial charge in [0.1, 0.15) is 6.04 Å². The standard InChI is InChI=1S/C13H23NO2/c1-10(12(15)16)14-11-4-8-13(9-5-11)6-2-3-7-13/h10-11,14H,2-9H2,1H3,(H,15,16). The third-order valence-corrected chi connectivity index (χ3v) is 4.57. The zero-order valence-electron chi connectivity index (χ0n) is 10.2. The second kappa shape index (κ2) is 4.74. The molecule has 92 valence electrons. The first-order chi connectivity index (χ1) is 7.61. The van der Waals surface area contributed by atoms with Crippen LogP contribution >= 0.6 is 0 Å². The molecule has 2 aliphatic rings. The van der Waals surface area contributed by atoms with Crippen LogP contribution in [0.2, 0.25) is 0 Å². The molecule has 0 aliphatic heterocycles. The minimum absolute atomic E-state index is 0.400. The highest BCUT2D eigenvalue weighted by Gasteiger charge is 2.37. The smallest absolute Gasteiger partial charge is 0.320 e. The van der Waals surface area contributed by atoms with Crippen molar-refractivity contribution in [2.75, 3.05) is 0 Å². The molecule has 0 heterocycles. The van der Waals surface area contributed by atoms with Crippen molar-refractivity contribution in [3.63, 3.8) is 0 Å². The third kappa shape index (κ3) is 2.57. The lowest BCUT2D eigenvalue weighted by Gasteiger charge is -2.38. The van der Waals surface area contributed by atoms with Crippen molar-refractivity contribution in [3.05, 3.63) is 0 Å². The van der Waals surface area contributed by atoms with Crippen molar-refractivity contribution in [1.29, 1.82) is 0 Å². The van der Waals surface area contributed by atoms with Crippen molar-refractivity contribution in [3.8, 4) is 0 Å². The molecule has 2 fully saturated rings. The largest absolute Gasteiger partial charge is 0.480 e. The summed E-state index contributed by atoms with van der Waals surface area (Å²) in [6, 6.07) is 0.0277. The first kappa shape index (κ1) is 11.9. The maximum atomic E-state index is 10.8. The molecule has 1 unspecified atom stereocenters. The highest BCUT2D eigenvalue weighted by atomic mass is 16.4. The number of hydrogen-bond acceptors (Lipinski definition) is 2. The predicted molar refractivity (Wildman–Crippen MR) is 63.4 cm³/mol. The summed E-state index contributed by atoms with van der Waals surface area (Å²) in [6.07, 6.45) is 10.6. The zero-order valence-corrected chi connectivity index (χ0v) is 10.2. The Balaban J connectivity index is 1.78. The molecule has 2 rings (SSSR count). The van der Waals surface area contributed by atoms with E-state index in [1.165, 1.54) is 38.5 Å². The lowest BCUT2D eigenvalue weighted by molar-refractivity contribution is -0.139. The Morgan fingerprint density at radius 3 is 2.31 bits per heavy atom. The molecule has 2 aliphatic carbocycles. The average molecular weight is 225 g/mol. The molecule has 0 radical (unpaired) electrons. The number of aliphatic carboxylic acids is 1. The fraction of sp³-hybridized carbons (Fsp3) is 0.923. The zero-order chi connectivity index (χ0) is 11.6. The van der Waals surface area contributed by atoms with Gasteiger partial charge in [0, 0.05) is 6.04 Å². The van der Waals surface area contributed by atoms with Gasteiger partial charge in [0.2, 0.25) is 0 Å². The quantitative estimate of drug-likeness (QED) is 0.776. The fourth-order valence-electron chi connectivity index (χ4n) is 3.45. The van der Waals surface area contributed by atoms with Crippen molar-refractivity contribution >= 4 is 5.97 Å². The van der Waals surface area contributed by atoms with E-state index in [1.807, 2.05) is 0 Å². The van der Waals surface area contributed by atoms with Crippen LogP contribution in [0.4, 0.5) is 0 Å². The summed E-state index contributed by atoms with van der Waals surface area (Å²) >= 11 is 0. The van der Waals surface area contributed by atoms with Crippen molar-refractivity contribution in [2.45, 2.75) is 70.4 Å². The fourth-order valence-corrected chi connectivity index (χ4v) is 3.45. The van der Waals surface area contributed by atoms with Crippen LogP contribution in [0.25, 0.3) is 0 Å². The van der Waals surface area contributed by atoms with Gasteiger partial charge in [0.25, 0.3) is 0 Å². The van der Waals surface area contributed by atoms with Gasteiger partial charge in [-0.05, 0) is 50.9 Å². The summed E-state index contributed by atoms with van der Waals surface area (Å²) in [6.45, 7) is 1.74. The van der Waals surface area contributed by atoms with Crippen LogP contribution in [0.5, 0.6) is 0 Å². The number of rotatable bonds is 3. The van der Waals surface area contributed by atoms with E-state index in [1.54, 1.807) is 6.92 Å². The Morgan fingerprint density at radius 1 is 1.25 bits per heavy atom.